The van der Waals surface area contributed by atoms with E-state index in [4.69, 9.17) is 11.6 Å². The van der Waals surface area contributed by atoms with Crippen molar-refractivity contribution in [2.75, 3.05) is 5.75 Å². The Bertz CT molecular complexity index is 879. The number of amides is 1. The van der Waals surface area contributed by atoms with E-state index in [0.29, 0.717) is 5.02 Å². The summed E-state index contributed by atoms with van der Waals surface area (Å²) in [5.41, 5.74) is 0.907. The number of nitrogens with zero attached hydrogens (tertiary/aromatic N) is 3. The van der Waals surface area contributed by atoms with Gasteiger partial charge < -0.3 is 9.88 Å². The van der Waals surface area contributed by atoms with Gasteiger partial charge in [-0.1, -0.05) is 47.6 Å². The maximum Gasteiger partial charge on any atom is 0.230 e. The fourth-order valence-corrected chi connectivity index (χ4v) is 4.42. The minimum absolute atomic E-state index is 0.0641. The predicted molar refractivity (Wildman–Crippen MR) is 108 cm³/mol. The molecule has 1 N–H and O–H groups in total. The number of aromatic nitrogens is 3. The first-order valence-corrected chi connectivity index (χ1v) is 10.5. The zero-order chi connectivity index (χ0) is 18.5. The summed E-state index contributed by atoms with van der Waals surface area (Å²) in [6, 6.07) is 11.4. The van der Waals surface area contributed by atoms with Crippen molar-refractivity contribution in [3.8, 4) is 10.7 Å². The summed E-state index contributed by atoms with van der Waals surface area (Å²) in [7, 11) is 0. The maximum absolute atomic E-state index is 12.3. The second-order valence-electron chi connectivity index (χ2n) is 5.63. The molecule has 0 saturated carbocycles. The van der Waals surface area contributed by atoms with Crippen LogP contribution in [0.1, 0.15) is 25.5 Å². The van der Waals surface area contributed by atoms with Gasteiger partial charge in [-0.05, 0) is 36.9 Å². The number of rotatable bonds is 7. The van der Waals surface area contributed by atoms with Gasteiger partial charge in [0.15, 0.2) is 11.0 Å². The lowest BCUT2D eigenvalue weighted by molar-refractivity contribution is -0.119. The monoisotopic (exact) mass is 406 g/mol. The number of hydrogen-bond acceptors (Lipinski definition) is 5. The van der Waals surface area contributed by atoms with E-state index in [1.165, 1.54) is 11.8 Å². The Labute approximate surface area is 165 Å². The van der Waals surface area contributed by atoms with E-state index in [2.05, 4.69) is 15.5 Å². The fraction of sp³-hybridized carbons (Fsp3) is 0.278. The van der Waals surface area contributed by atoms with E-state index in [1.54, 1.807) is 11.3 Å². The SMILES string of the molecule is CCn1c(SCC(=O)N[C@H](C)c2ccccc2Cl)nnc1-c1cccs1. The molecule has 0 saturated heterocycles. The molecule has 0 aliphatic heterocycles. The normalized spacial score (nSPS) is 12.1. The quantitative estimate of drug-likeness (QED) is 0.580. The second-order valence-corrected chi connectivity index (χ2v) is 7.92. The third-order valence-corrected chi connectivity index (χ3v) is 6.03. The van der Waals surface area contributed by atoms with Gasteiger partial charge in [-0.2, -0.15) is 0 Å². The van der Waals surface area contributed by atoms with Gasteiger partial charge in [0.1, 0.15) is 0 Å². The van der Waals surface area contributed by atoms with E-state index < -0.39 is 0 Å². The van der Waals surface area contributed by atoms with E-state index in [9.17, 15) is 4.79 Å². The van der Waals surface area contributed by atoms with Crippen LogP contribution < -0.4 is 5.32 Å². The van der Waals surface area contributed by atoms with Gasteiger partial charge in [0.2, 0.25) is 5.91 Å². The molecule has 2 heterocycles. The number of benzene rings is 1. The summed E-state index contributed by atoms with van der Waals surface area (Å²) >= 11 is 9.20. The molecule has 0 radical (unpaired) electrons. The first kappa shape index (κ1) is 18.9. The highest BCUT2D eigenvalue weighted by molar-refractivity contribution is 7.99. The van der Waals surface area contributed by atoms with Gasteiger partial charge >= 0.3 is 0 Å². The van der Waals surface area contributed by atoms with E-state index in [0.717, 1.165) is 28.0 Å². The van der Waals surface area contributed by atoms with Crippen LogP contribution in [-0.4, -0.2) is 26.4 Å². The molecule has 26 heavy (non-hydrogen) atoms. The van der Waals surface area contributed by atoms with Crippen molar-refractivity contribution < 1.29 is 4.79 Å². The minimum Gasteiger partial charge on any atom is -0.349 e. The molecule has 0 aliphatic rings. The van der Waals surface area contributed by atoms with E-state index in [1.807, 2.05) is 60.2 Å². The summed E-state index contributed by atoms with van der Waals surface area (Å²) in [5, 5.41) is 14.9. The third kappa shape index (κ3) is 4.28. The summed E-state index contributed by atoms with van der Waals surface area (Å²) in [5.74, 6) is 1.05. The topological polar surface area (TPSA) is 59.8 Å². The molecular formula is C18H19ClN4OS2. The lowest BCUT2D eigenvalue weighted by atomic mass is 10.1. The zero-order valence-electron chi connectivity index (χ0n) is 14.5. The predicted octanol–water partition coefficient (Wildman–Crippen LogP) is 4.65. The van der Waals surface area contributed by atoms with Crippen molar-refractivity contribution >= 4 is 40.6 Å². The Morgan fingerprint density at radius 3 is 2.81 bits per heavy atom. The van der Waals surface area contributed by atoms with Crippen LogP contribution in [0.4, 0.5) is 0 Å². The largest absolute Gasteiger partial charge is 0.349 e. The molecule has 0 spiro atoms. The van der Waals surface area contributed by atoms with Crippen molar-refractivity contribution in [3.05, 3.63) is 52.4 Å². The molecule has 0 bridgehead atoms. The minimum atomic E-state index is -0.150. The molecule has 0 unspecified atom stereocenters. The number of carbonyl (C=O) groups excluding carboxylic acids is 1. The standard InChI is InChI=1S/C18H19ClN4OS2/c1-3-23-17(15-9-6-10-25-15)21-22-18(23)26-11-16(24)20-12(2)13-7-4-5-8-14(13)19/h4-10,12H,3,11H2,1-2H3,(H,20,24)/t12-/m1/s1. The fourth-order valence-electron chi connectivity index (χ4n) is 2.59. The van der Waals surface area contributed by atoms with Crippen LogP contribution in [0.3, 0.4) is 0 Å². The maximum atomic E-state index is 12.3. The van der Waals surface area contributed by atoms with Crippen LogP contribution in [0.25, 0.3) is 10.7 Å². The van der Waals surface area contributed by atoms with Gasteiger partial charge in [-0.15, -0.1) is 21.5 Å². The summed E-state index contributed by atoms with van der Waals surface area (Å²) in [6.07, 6.45) is 0. The van der Waals surface area contributed by atoms with Crippen molar-refractivity contribution in [1.82, 2.24) is 20.1 Å². The van der Waals surface area contributed by atoms with Crippen LogP contribution in [0.15, 0.2) is 46.9 Å². The van der Waals surface area contributed by atoms with Crippen molar-refractivity contribution in [1.29, 1.82) is 0 Å². The van der Waals surface area contributed by atoms with Crippen LogP contribution in [0.2, 0.25) is 5.02 Å². The Morgan fingerprint density at radius 2 is 2.12 bits per heavy atom. The Kier molecular flexibility index (Phi) is 6.34. The molecule has 1 amide bonds. The summed E-state index contributed by atoms with van der Waals surface area (Å²) in [6.45, 7) is 4.72. The Morgan fingerprint density at radius 1 is 1.31 bits per heavy atom. The molecule has 5 nitrogen and oxygen atoms in total. The van der Waals surface area contributed by atoms with E-state index in [-0.39, 0.29) is 17.7 Å². The number of thioether (sulfide) groups is 1. The van der Waals surface area contributed by atoms with Crippen molar-refractivity contribution in [3.63, 3.8) is 0 Å². The number of carbonyl (C=O) groups is 1. The highest BCUT2D eigenvalue weighted by Crippen LogP contribution is 2.27. The van der Waals surface area contributed by atoms with Crippen LogP contribution in [0, 0.1) is 0 Å². The molecule has 3 aromatic rings. The van der Waals surface area contributed by atoms with Gasteiger partial charge in [0.05, 0.1) is 16.7 Å². The Balaban J connectivity index is 1.62. The van der Waals surface area contributed by atoms with Gasteiger partial charge in [0.25, 0.3) is 0 Å². The molecule has 0 fully saturated rings. The molecule has 0 aliphatic carbocycles. The molecule has 3 rings (SSSR count). The third-order valence-electron chi connectivity index (χ3n) is 3.86. The molecule has 136 valence electrons. The van der Waals surface area contributed by atoms with Crippen molar-refractivity contribution in [2.24, 2.45) is 0 Å². The number of thiophene rings is 1. The molecule has 1 atom stereocenters. The molecule has 2 aromatic heterocycles. The number of nitrogens with one attached hydrogen (secondary N) is 1. The smallest absolute Gasteiger partial charge is 0.230 e. The van der Waals surface area contributed by atoms with Crippen LogP contribution >= 0.6 is 34.7 Å². The summed E-state index contributed by atoms with van der Waals surface area (Å²) in [4.78, 5) is 13.4. The van der Waals surface area contributed by atoms with Crippen molar-refractivity contribution in [2.45, 2.75) is 31.6 Å². The van der Waals surface area contributed by atoms with Gasteiger partial charge in [-0.25, -0.2) is 0 Å². The van der Waals surface area contributed by atoms with Crippen LogP contribution in [-0.2, 0) is 11.3 Å². The lowest BCUT2D eigenvalue weighted by Crippen LogP contribution is -2.28. The summed E-state index contributed by atoms with van der Waals surface area (Å²) < 4.78 is 2.03. The second kappa shape index (κ2) is 8.70. The molecular weight excluding hydrogens is 388 g/mol. The highest BCUT2D eigenvalue weighted by Gasteiger charge is 2.17. The lowest BCUT2D eigenvalue weighted by Gasteiger charge is -2.15. The first-order chi connectivity index (χ1) is 12.6. The van der Waals surface area contributed by atoms with Gasteiger partial charge in [0, 0.05) is 11.6 Å². The first-order valence-electron chi connectivity index (χ1n) is 8.23. The number of halogens is 1. The molecule has 1 aromatic carbocycles. The zero-order valence-corrected chi connectivity index (χ0v) is 16.9. The van der Waals surface area contributed by atoms with E-state index >= 15 is 0 Å². The van der Waals surface area contributed by atoms with Gasteiger partial charge in [-0.3, -0.25) is 4.79 Å². The molecule has 8 heteroatoms. The highest BCUT2D eigenvalue weighted by atomic mass is 35.5. The Hall–Kier alpha value is -1.83. The van der Waals surface area contributed by atoms with Crippen LogP contribution in [0.5, 0.6) is 0 Å². The average molecular weight is 407 g/mol. The average Bonchev–Trinajstić information content (AvgIpc) is 3.29. The number of hydrogen-bond donors (Lipinski definition) is 1.